The molecule has 0 fully saturated rings. The summed E-state index contributed by atoms with van der Waals surface area (Å²) in [6.45, 7) is 1.51. The van der Waals surface area contributed by atoms with Gasteiger partial charge >= 0.3 is 0 Å². The average Bonchev–Trinajstić information content (AvgIpc) is 3.10. The Kier molecular flexibility index (Phi) is 6.27. The highest BCUT2D eigenvalue weighted by Gasteiger charge is 2.19. The van der Waals surface area contributed by atoms with Crippen molar-refractivity contribution >= 4 is 28.1 Å². The fourth-order valence-electron chi connectivity index (χ4n) is 2.16. The van der Waals surface area contributed by atoms with Crippen molar-refractivity contribution in [1.29, 1.82) is 5.26 Å². The molecular weight excluding hydrogens is 392 g/mol. The molecule has 130 valence electrons. The number of rotatable bonds is 6. The minimum atomic E-state index is -0.555. The summed E-state index contributed by atoms with van der Waals surface area (Å²) in [6.07, 6.45) is 2.82. The van der Waals surface area contributed by atoms with Crippen LogP contribution in [0.15, 0.2) is 37.2 Å². The lowest BCUT2D eigenvalue weighted by Crippen LogP contribution is -2.33. The average molecular weight is 407 g/mol. The lowest BCUT2D eigenvalue weighted by Gasteiger charge is -2.15. The van der Waals surface area contributed by atoms with Crippen LogP contribution in [0.3, 0.4) is 0 Å². The monoisotopic (exact) mass is 406 g/mol. The Morgan fingerprint density at radius 1 is 1.60 bits per heavy atom. The summed E-state index contributed by atoms with van der Waals surface area (Å²) in [5.74, 6) is -0.0321. The van der Waals surface area contributed by atoms with Gasteiger partial charge in [-0.15, -0.1) is 0 Å². The number of hydrogen-bond donors (Lipinski definition) is 1. The molecule has 0 saturated heterocycles. The predicted octanol–water partition coefficient (Wildman–Crippen LogP) is 1.68. The van der Waals surface area contributed by atoms with Crippen LogP contribution in [0.1, 0.15) is 22.6 Å². The number of nitrogens with one attached hydrogen (secondary N) is 1. The van der Waals surface area contributed by atoms with Crippen LogP contribution >= 0.6 is 15.9 Å². The number of carbonyl (C=O) groups is 1. The van der Waals surface area contributed by atoms with E-state index in [9.17, 15) is 14.9 Å². The summed E-state index contributed by atoms with van der Waals surface area (Å²) in [4.78, 5) is 24.5. The molecule has 2 heterocycles. The Balaban J connectivity index is 2.24. The molecule has 2 rings (SSSR count). The number of hydrazone groups is 1. The normalized spacial score (nSPS) is 10.8. The quantitative estimate of drug-likeness (QED) is 0.579. The number of hydrogen-bond acceptors (Lipinski definition) is 6. The van der Waals surface area contributed by atoms with Crippen LogP contribution in [0.25, 0.3) is 0 Å². The molecule has 0 bridgehead atoms. The molecule has 0 aliphatic carbocycles. The Morgan fingerprint density at radius 2 is 2.36 bits per heavy atom. The molecule has 0 atom stereocenters. The minimum Gasteiger partial charge on any atom is -0.463 e. The molecule has 0 radical (unpaired) electrons. The van der Waals surface area contributed by atoms with Gasteiger partial charge in [-0.2, -0.15) is 10.4 Å². The van der Waals surface area contributed by atoms with E-state index in [1.54, 1.807) is 19.1 Å². The van der Waals surface area contributed by atoms with E-state index in [-0.39, 0.29) is 18.7 Å². The smallest absolute Gasteiger partial charge is 0.269 e. The van der Waals surface area contributed by atoms with Gasteiger partial charge in [0, 0.05) is 22.8 Å². The van der Waals surface area contributed by atoms with Gasteiger partial charge < -0.3 is 13.7 Å². The van der Waals surface area contributed by atoms with Gasteiger partial charge in [-0.1, -0.05) is 0 Å². The van der Waals surface area contributed by atoms with E-state index >= 15 is 0 Å². The fourth-order valence-corrected chi connectivity index (χ4v) is 2.69. The molecular formula is C16H15BrN4O4. The van der Waals surface area contributed by atoms with E-state index < -0.39 is 11.5 Å². The summed E-state index contributed by atoms with van der Waals surface area (Å²) in [7, 11) is 1.47. The number of nitrogens with zero attached hydrogens (tertiary/aromatic N) is 3. The summed E-state index contributed by atoms with van der Waals surface area (Å²) < 4.78 is 11.8. The van der Waals surface area contributed by atoms with Crippen molar-refractivity contribution in [3.05, 3.63) is 55.8 Å². The number of furan rings is 1. The summed E-state index contributed by atoms with van der Waals surface area (Å²) in [5, 5.41) is 13.0. The molecule has 1 amide bonds. The molecule has 0 saturated carbocycles. The van der Waals surface area contributed by atoms with Gasteiger partial charge in [-0.05, 0) is 35.0 Å². The van der Waals surface area contributed by atoms with E-state index in [1.165, 1.54) is 24.2 Å². The van der Waals surface area contributed by atoms with Gasteiger partial charge in [-0.3, -0.25) is 9.59 Å². The third-order valence-electron chi connectivity index (χ3n) is 3.37. The molecule has 0 aromatic carbocycles. The van der Waals surface area contributed by atoms with Gasteiger partial charge in [0.2, 0.25) is 0 Å². The van der Waals surface area contributed by atoms with Crippen LogP contribution < -0.4 is 11.0 Å². The second-order valence-electron chi connectivity index (χ2n) is 5.00. The van der Waals surface area contributed by atoms with Crippen molar-refractivity contribution in [2.45, 2.75) is 20.1 Å². The molecule has 0 spiro atoms. The second-order valence-corrected chi connectivity index (χ2v) is 5.79. The highest BCUT2D eigenvalue weighted by molar-refractivity contribution is 9.10. The topological polar surface area (TPSA) is 110 Å². The second kappa shape index (κ2) is 8.41. The first-order valence-electron chi connectivity index (χ1n) is 7.15. The minimum absolute atomic E-state index is 0.0637. The number of aromatic nitrogens is 1. The Bertz CT molecular complexity index is 894. The zero-order valence-corrected chi connectivity index (χ0v) is 15.2. The van der Waals surface area contributed by atoms with Gasteiger partial charge in [0.05, 0.1) is 19.1 Å². The maximum Gasteiger partial charge on any atom is 0.269 e. The van der Waals surface area contributed by atoms with Gasteiger partial charge in [0.25, 0.3) is 11.5 Å². The fraction of sp³-hybridized carbons (Fsp3) is 0.250. The van der Waals surface area contributed by atoms with Gasteiger partial charge in [0.15, 0.2) is 0 Å². The SMILES string of the molecule is COCc1c(Br)c(C)n(CC(=O)N/N=C\c2ccco2)c(=O)c1C#N. The van der Waals surface area contributed by atoms with Crippen LogP contribution in [0, 0.1) is 18.3 Å². The Hall–Kier alpha value is -2.70. The highest BCUT2D eigenvalue weighted by Crippen LogP contribution is 2.23. The van der Waals surface area contributed by atoms with Crippen molar-refractivity contribution < 1.29 is 13.9 Å². The molecule has 0 aliphatic rings. The lowest BCUT2D eigenvalue weighted by atomic mass is 10.1. The van der Waals surface area contributed by atoms with Gasteiger partial charge in [-0.25, -0.2) is 5.43 Å². The van der Waals surface area contributed by atoms with E-state index in [0.717, 1.165) is 0 Å². The Morgan fingerprint density at radius 3 is 2.96 bits per heavy atom. The van der Waals surface area contributed by atoms with E-state index in [1.807, 2.05) is 6.07 Å². The molecule has 2 aromatic rings. The molecule has 25 heavy (non-hydrogen) atoms. The van der Waals surface area contributed by atoms with Crippen molar-refractivity contribution in [3.8, 4) is 6.07 Å². The number of carbonyl (C=O) groups excluding carboxylic acids is 1. The number of pyridine rings is 1. The maximum atomic E-state index is 12.5. The largest absolute Gasteiger partial charge is 0.463 e. The standard InChI is InChI=1S/C16H15BrN4O4/c1-10-15(17)13(9-24-2)12(6-18)16(23)21(10)8-14(22)20-19-7-11-4-3-5-25-11/h3-5,7H,8-9H2,1-2H3,(H,20,22)/b19-7-. The first-order valence-corrected chi connectivity index (χ1v) is 7.95. The van der Waals surface area contributed by atoms with Gasteiger partial charge in [0.1, 0.15) is 23.9 Å². The summed E-state index contributed by atoms with van der Waals surface area (Å²) in [6, 6.07) is 5.24. The zero-order valence-electron chi connectivity index (χ0n) is 13.6. The van der Waals surface area contributed by atoms with Crippen molar-refractivity contribution in [1.82, 2.24) is 9.99 Å². The first-order chi connectivity index (χ1) is 12.0. The number of halogens is 1. The van der Waals surface area contributed by atoms with Crippen LogP contribution in [-0.4, -0.2) is 23.8 Å². The molecule has 0 aliphatic heterocycles. The Labute approximate surface area is 151 Å². The summed E-state index contributed by atoms with van der Waals surface area (Å²) in [5.41, 5.74) is 2.66. The number of ether oxygens (including phenoxy) is 1. The third kappa shape index (κ3) is 4.23. The molecule has 9 heteroatoms. The molecule has 8 nitrogen and oxygen atoms in total. The van der Waals surface area contributed by atoms with Crippen LogP contribution in [0.4, 0.5) is 0 Å². The van der Waals surface area contributed by atoms with Crippen molar-refractivity contribution in [2.24, 2.45) is 5.10 Å². The van der Waals surface area contributed by atoms with E-state index in [4.69, 9.17) is 9.15 Å². The van der Waals surface area contributed by atoms with Crippen molar-refractivity contribution in [3.63, 3.8) is 0 Å². The number of nitriles is 1. The van der Waals surface area contributed by atoms with Crippen molar-refractivity contribution in [2.75, 3.05) is 7.11 Å². The molecule has 2 aromatic heterocycles. The molecule has 0 unspecified atom stereocenters. The van der Waals surface area contributed by atoms with E-state index in [2.05, 4.69) is 26.5 Å². The lowest BCUT2D eigenvalue weighted by molar-refractivity contribution is -0.121. The predicted molar refractivity (Wildman–Crippen MR) is 93.0 cm³/mol. The third-order valence-corrected chi connectivity index (χ3v) is 4.43. The van der Waals surface area contributed by atoms with E-state index in [0.29, 0.717) is 21.5 Å². The van der Waals surface area contributed by atoms with Crippen LogP contribution in [0.5, 0.6) is 0 Å². The number of methoxy groups -OCH3 is 1. The van der Waals surface area contributed by atoms with Crippen LogP contribution in [0.2, 0.25) is 0 Å². The maximum absolute atomic E-state index is 12.5. The summed E-state index contributed by atoms with van der Waals surface area (Å²) >= 11 is 3.36. The van der Waals surface area contributed by atoms with Crippen LogP contribution in [-0.2, 0) is 22.7 Å². The number of amides is 1. The zero-order chi connectivity index (χ0) is 18.4. The first kappa shape index (κ1) is 18.6. The molecule has 1 N–H and O–H groups in total. The highest BCUT2D eigenvalue weighted by atomic mass is 79.9.